The van der Waals surface area contributed by atoms with Crippen molar-refractivity contribution in [1.29, 1.82) is 0 Å². The summed E-state index contributed by atoms with van der Waals surface area (Å²) in [4.78, 5) is 9.75. The van der Waals surface area contributed by atoms with Crippen LogP contribution in [-0.4, -0.2) is 17.5 Å². The molecule has 0 saturated heterocycles. The first-order valence-electron chi connectivity index (χ1n) is 7.46. The van der Waals surface area contributed by atoms with E-state index in [0.717, 1.165) is 21.8 Å². The summed E-state index contributed by atoms with van der Waals surface area (Å²) in [6.07, 6.45) is 3.43. The predicted molar refractivity (Wildman–Crippen MR) is 103 cm³/mol. The van der Waals surface area contributed by atoms with Crippen molar-refractivity contribution in [3.63, 3.8) is 0 Å². The van der Waals surface area contributed by atoms with Gasteiger partial charge in [0.2, 0.25) is 0 Å². The summed E-state index contributed by atoms with van der Waals surface area (Å²) < 4.78 is 0. The summed E-state index contributed by atoms with van der Waals surface area (Å²) in [5, 5.41) is 9.76. The molecule has 0 aliphatic carbocycles. The van der Waals surface area contributed by atoms with E-state index >= 15 is 0 Å². The second-order valence-electron chi connectivity index (χ2n) is 5.15. The topological polar surface area (TPSA) is 45.0 Å². The van der Waals surface area contributed by atoms with Crippen LogP contribution in [0.15, 0.2) is 87.7 Å². The van der Waals surface area contributed by atoms with Gasteiger partial charge in [-0.25, -0.2) is 0 Å². The number of phenols is 1. The van der Waals surface area contributed by atoms with Gasteiger partial charge < -0.3 is 5.11 Å². The standard InChI is InChI=1S/C20H16N2OS/c23-19-10-3-1-6-15(19)13-21-17-8-5-9-18(12-17)22-14-16-7-2-4-11-20(16)24/h1-14,23-24H. The number of hydrogen-bond donors (Lipinski definition) is 2. The maximum atomic E-state index is 9.76. The van der Waals surface area contributed by atoms with Crippen molar-refractivity contribution in [3.8, 4) is 5.75 Å². The average Bonchev–Trinajstić information content (AvgIpc) is 2.61. The normalized spacial score (nSPS) is 11.4. The number of nitrogens with zero attached hydrogens (tertiary/aromatic N) is 2. The number of para-hydroxylation sites is 1. The molecular formula is C20H16N2OS. The predicted octanol–water partition coefficient (Wildman–Crippen LogP) is 5.18. The van der Waals surface area contributed by atoms with Gasteiger partial charge in [0.05, 0.1) is 11.4 Å². The molecule has 0 aromatic heterocycles. The van der Waals surface area contributed by atoms with Crippen LogP contribution < -0.4 is 0 Å². The zero-order chi connectivity index (χ0) is 16.8. The third kappa shape index (κ3) is 4.12. The fourth-order valence-corrected chi connectivity index (χ4v) is 2.35. The molecule has 0 spiro atoms. The van der Waals surface area contributed by atoms with Gasteiger partial charge in [0.15, 0.2) is 0 Å². The van der Waals surface area contributed by atoms with Gasteiger partial charge in [-0.3, -0.25) is 9.98 Å². The summed E-state index contributed by atoms with van der Waals surface area (Å²) in [7, 11) is 0. The van der Waals surface area contributed by atoms with E-state index in [1.54, 1.807) is 24.6 Å². The number of aromatic hydroxyl groups is 1. The van der Waals surface area contributed by atoms with Crippen molar-refractivity contribution in [2.75, 3.05) is 0 Å². The van der Waals surface area contributed by atoms with Crippen molar-refractivity contribution in [1.82, 2.24) is 0 Å². The molecule has 0 radical (unpaired) electrons. The number of rotatable bonds is 4. The van der Waals surface area contributed by atoms with Gasteiger partial charge in [-0.1, -0.05) is 36.4 Å². The molecule has 3 nitrogen and oxygen atoms in total. The van der Waals surface area contributed by atoms with Gasteiger partial charge in [0, 0.05) is 28.5 Å². The lowest BCUT2D eigenvalue weighted by atomic mass is 10.2. The third-order valence-electron chi connectivity index (χ3n) is 3.41. The average molecular weight is 332 g/mol. The highest BCUT2D eigenvalue weighted by molar-refractivity contribution is 7.80. The molecule has 0 unspecified atom stereocenters. The van der Waals surface area contributed by atoms with Crippen LogP contribution in [0.2, 0.25) is 0 Å². The van der Waals surface area contributed by atoms with Crippen LogP contribution in [0.1, 0.15) is 11.1 Å². The van der Waals surface area contributed by atoms with E-state index < -0.39 is 0 Å². The molecule has 4 heteroatoms. The van der Waals surface area contributed by atoms with Crippen LogP contribution in [-0.2, 0) is 0 Å². The van der Waals surface area contributed by atoms with Gasteiger partial charge in [-0.2, -0.15) is 0 Å². The largest absolute Gasteiger partial charge is 0.507 e. The summed E-state index contributed by atoms with van der Waals surface area (Å²) in [6.45, 7) is 0. The Morgan fingerprint density at radius 3 is 1.96 bits per heavy atom. The maximum Gasteiger partial charge on any atom is 0.124 e. The summed E-state index contributed by atoms with van der Waals surface area (Å²) in [6, 6.07) is 22.5. The second kappa shape index (κ2) is 7.62. The number of benzene rings is 3. The fourth-order valence-electron chi connectivity index (χ4n) is 2.14. The zero-order valence-electron chi connectivity index (χ0n) is 12.9. The summed E-state index contributed by atoms with van der Waals surface area (Å²) >= 11 is 4.41. The van der Waals surface area contributed by atoms with Crippen molar-refractivity contribution in [2.24, 2.45) is 9.98 Å². The number of thiol groups is 1. The van der Waals surface area contributed by atoms with Crippen LogP contribution in [0.3, 0.4) is 0 Å². The Labute approximate surface area is 146 Å². The van der Waals surface area contributed by atoms with Crippen LogP contribution >= 0.6 is 12.6 Å². The monoisotopic (exact) mass is 332 g/mol. The van der Waals surface area contributed by atoms with E-state index in [0.29, 0.717) is 5.56 Å². The number of aliphatic imine (C=N–C) groups is 2. The molecule has 0 bridgehead atoms. The van der Waals surface area contributed by atoms with Gasteiger partial charge in [-0.05, 0) is 36.4 Å². The quantitative estimate of drug-likeness (QED) is 0.502. The van der Waals surface area contributed by atoms with E-state index in [1.165, 1.54) is 0 Å². The van der Waals surface area contributed by atoms with Gasteiger partial charge in [0.25, 0.3) is 0 Å². The third-order valence-corrected chi connectivity index (χ3v) is 3.82. The number of phenolic OH excluding ortho intramolecular Hbond substituents is 1. The smallest absolute Gasteiger partial charge is 0.124 e. The molecule has 0 aliphatic rings. The molecule has 0 aliphatic heterocycles. The Hall–Kier alpha value is -2.85. The molecule has 24 heavy (non-hydrogen) atoms. The van der Waals surface area contributed by atoms with Crippen LogP contribution in [0.5, 0.6) is 5.75 Å². The van der Waals surface area contributed by atoms with Crippen molar-refractivity contribution < 1.29 is 5.11 Å². The Kier molecular flexibility index (Phi) is 5.08. The molecule has 3 aromatic rings. The van der Waals surface area contributed by atoms with Gasteiger partial charge in [-0.15, -0.1) is 12.6 Å². The van der Waals surface area contributed by atoms with Gasteiger partial charge >= 0.3 is 0 Å². The highest BCUT2D eigenvalue weighted by Crippen LogP contribution is 2.22. The molecule has 0 saturated carbocycles. The van der Waals surface area contributed by atoms with E-state index in [9.17, 15) is 5.11 Å². The first-order chi connectivity index (χ1) is 11.7. The molecule has 0 atom stereocenters. The molecule has 1 N–H and O–H groups in total. The SMILES string of the molecule is Oc1ccccc1C=Nc1cccc(N=Cc2ccccc2S)c1. The van der Waals surface area contributed by atoms with E-state index in [1.807, 2.05) is 60.7 Å². The number of hydrogen-bond acceptors (Lipinski definition) is 4. The second-order valence-corrected chi connectivity index (χ2v) is 5.64. The Morgan fingerprint density at radius 2 is 1.29 bits per heavy atom. The molecular weight excluding hydrogens is 316 g/mol. The highest BCUT2D eigenvalue weighted by atomic mass is 32.1. The first-order valence-corrected chi connectivity index (χ1v) is 7.91. The van der Waals surface area contributed by atoms with Crippen molar-refractivity contribution >= 4 is 36.4 Å². The zero-order valence-corrected chi connectivity index (χ0v) is 13.8. The Bertz CT molecular complexity index is 833. The Balaban J connectivity index is 1.80. The molecule has 0 heterocycles. The minimum Gasteiger partial charge on any atom is -0.507 e. The van der Waals surface area contributed by atoms with E-state index in [-0.39, 0.29) is 5.75 Å². The van der Waals surface area contributed by atoms with E-state index in [2.05, 4.69) is 22.6 Å². The summed E-state index contributed by atoms with van der Waals surface area (Å²) in [5.41, 5.74) is 3.21. The Morgan fingerprint density at radius 1 is 0.708 bits per heavy atom. The molecule has 3 rings (SSSR count). The fraction of sp³-hybridized carbons (Fsp3) is 0. The van der Waals surface area contributed by atoms with Crippen LogP contribution in [0.4, 0.5) is 11.4 Å². The molecule has 0 fully saturated rings. The minimum absolute atomic E-state index is 0.209. The van der Waals surface area contributed by atoms with Gasteiger partial charge in [0.1, 0.15) is 5.75 Å². The van der Waals surface area contributed by atoms with Crippen molar-refractivity contribution in [3.05, 3.63) is 83.9 Å². The maximum absolute atomic E-state index is 9.76. The molecule has 3 aromatic carbocycles. The highest BCUT2D eigenvalue weighted by Gasteiger charge is 1.97. The van der Waals surface area contributed by atoms with Crippen LogP contribution in [0.25, 0.3) is 0 Å². The lowest BCUT2D eigenvalue weighted by Gasteiger charge is -2.00. The lowest BCUT2D eigenvalue weighted by molar-refractivity contribution is 0.474. The first kappa shape index (κ1) is 16.0. The minimum atomic E-state index is 0.209. The summed E-state index contributed by atoms with van der Waals surface area (Å²) in [5.74, 6) is 0.209. The lowest BCUT2D eigenvalue weighted by Crippen LogP contribution is -1.82. The van der Waals surface area contributed by atoms with E-state index in [4.69, 9.17) is 0 Å². The van der Waals surface area contributed by atoms with Crippen LogP contribution in [0, 0.1) is 0 Å². The van der Waals surface area contributed by atoms with Crippen molar-refractivity contribution in [2.45, 2.75) is 4.90 Å². The molecule has 118 valence electrons. The molecule has 0 amide bonds.